The Balaban J connectivity index is 3.45. The van der Waals surface area contributed by atoms with Crippen LogP contribution in [0.15, 0.2) is 17.0 Å². The lowest BCUT2D eigenvalue weighted by Crippen LogP contribution is -2.37. The summed E-state index contributed by atoms with van der Waals surface area (Å²) in [6, 6.07) is 2.60. The molecule has 1 aromatic carbocycles. The van der Waals surface area contributed by atoms with Gasteiger partial charge in [-0.2, -0.15) is 4.31 Å². The molecule has 0 aliphatic heterocycles. The third-order valence-electron chi connectivity index (χ3n) is 2.86. The molecule has 0 saturated carbocycles. The highest BCUT2D eigenvalue weighted by atomic mass is 35.5. The Kier molecular flexibility index (Phi) is 6.28. The number of halogens is 2. The van der Waals surface area contributed by atoms with Crippen LogP contribution in [-0.2, 0) is 16.6 Å². The van der Waals surface area contributed by atoms with Crippen LogP contribution in [0.4, 0.5) is 0 Å². The Bertz CT molecular complexity index is 573. The van der Waals surface area contributed by atoms with Crippen molar-refractivity contribution in [3.05, 3.63) is 27.7 Å². The van der Waals surface area contributed by atoms with E-state index in [1.165, 1.54) is 16.4 Å². The normalized spacial score (nSPS) is 12.4. The van der Waals surface area contributed by atoms with Crippen molar-refractivity contribution in [1.82, 2.24) is 4.31 Å². The zero-order valence-corrected chi connectivity index (χ0v) is 14.1. The van der Waals surface area contributed by atoms with E-state index in [0.717, 1.165) is 0 Å². The maximum Gasteiger partial charge on any atom is 0.244 e. The van der Waals surface area contributed by atoms with E-state index >= 15 is 0 Å². The summed E-state index contributed by atoms with van der Waals surface area (Å²) in [5.41, 5.74) is 0.304. The minimum atomic E-state index is -3.74. The van der Waals surface area contributed by atoms with E-state index in [-0.39, 0.29) is 27.6 Å². The van der Waals surface area contributed by atoms with Crippen molar-refractivity contribution in [2.75, 3.05) is 6.54 Å². The molecule has 1 rings (SSSR count). The molecule has 0 saturated heterocycles. The van der Waals surface area contributed by atoms with Crippen molar-refractivity contribution < 1.29 is 13.5 Å². The van der Waals surface area contributed by atoms with Crippen LogP contribution >= 0.6 is 23.2 Å². The van der Waals surface area contributed by atoms with Crippen LogP contribution in [0.5, 0.6) is 0 Å². The molecular formula is C13H19Cl2NO3S. The Labute approximate surface area is 130 Å². The van der Waals surface area contributed by atoms with Gasteiger partial charge < -0.3 is 5.11 Å². The molecule has 0 radical (unpaired) electrons. The van der Waals surface area contributed by atoms with Crippen LogP contribution < -0.4 is 0 Å². The van der Waals surface area contributed by atoms with Gasteiger partial charge in [-0.05, 0) is 38.0 Å². The summed E-state index contributed by atoms with van der Waals surface area (Å²) >= 11 is 12.0. The van der Waals surface area contributed by atoms with Crippen molar-refractivity contribution in [2.24, 2.45) is 0 Å². The molecule has 0 atom stereocenters. The number of hydrogen-bond acceptors (Lipinski definition) is 3. The second kappa shape index (κ2) is 7.09. The van der Waals surface area contributed by atoms with Gasteiger partial charge in [0.05, 0.1) is 11.6 Å². The van der Waals surface area contributed by atoms with Gasteiger partial charge >= 0.3 is 0 Å². The molecule has 0 unspecified atom stereocenters. The van der Waals surface area contributed by atoms with Gasteiger partial charge in [0.25, 0.3) is 0 Å². The van der Waals surface area contributed by atoms with Gasteiger partial charge in [0.15, 0.2) is 0 Å². The molecule has 1 N–H and O–H groups in total. The molecule has 0 amide bonds. The molecular weight excluding hydrogens is 321 g/mol. The molecule has 114 valence electrons. The highest BCUT2D eigenvalue weighted by Gasteiger charge is 2.29. The standard InChI is InChI=1S/C13H19Cl2NO3S/c1-4-5-16(9(2)3)20(18,19)12-7-11(14)6-10(8-17)13(12)15/h6-7,9,17H,4-5,8H2,1-3H3. The largest absolute Gasteiger partial charge is 0.392 e. The van der Waals surface area contributed by atoms with Crippen molar-refractivity contribution in [2.45, 2.75) is 44.7 Å². The molecule has 0 aliphatic rings. The number of hydrogen-bond donors (Lipinski definition) is 1. The van der Waals surface area contributed by atoms with Crippen LogP contribution in [0.1, 0.15) is 32.8 Å². The van der Waals surface area contributed by atoms with Crippen LogP contribution in [-0.4, -0.2) is 30.4 Å². The first-order chi connectivity index (χ1) is 9.25. The Hall–Kier alpha value is -0.330. The average molecular weight is 340 g/mol. The summed E-state index contributed by atoms with van der Waals surface area (Å²) in [4.78, 5) is -0.0575. The van der Waals surface area contributed by atoms with E-state index in [2.05, 4.69) is 0 Å². The Morgan fingerprint density at radius 1 is 1.30 bits per heavy atom. The van der Waals surface area contributed by atoms with E-state index in [4.69, 9.17) is 23.2 Å². The fourth-order valence-corrected chi connectivity index (χ4v) is 4.55. The number of benzene rings is 1. The summed E-state index contributed by atoms with van der Waals surface area (Å²) in [5.74, 6) is 0. The lowest BCUT2D eigenvalue weighted by atomic mass is 10.2. The van der Waals surface area contributed by atoms with Crippen LogP contribution in [0, 0.1) is 0 Å². The number of nitrogens with zero attached hydrogens (tertiary/aromatic N) is 1. The van der Waals surface area contributed by atoms with E-state index in [0.29, 0.717) is 18.5 Å². The zero-order chi connectivity index (χ0) is 15.5. The molecule has 0 fully saturated rings. The molecule has 0 bridgehead atoms. The summed E-state index contributed by atoms with van der Waals surface area (Å²) in [5, 5.41) is 9.49. The van der Waals surface area contributed by atoms with Crippen molar-refractivity contribution in [1.29, 1.82) is 0 Å². The predicted molar refractivity (Wildman–Crippen MR) is 81.7 cm³/mol. The summed E-state index contributed by atoms with van der Waals surface area (Å²) in [6.07, 6.45) is 0.697. The van der Waals surface area contributed by atoms with Gasteiger partial charge in [-0.15, -0.1) is 0 Å². The van der Waals surface area contributed by atoms with Gasteiger partial charge in [0.2, 0.25) is 10.0 Å². The monoisotopic (exact) mass is 339 g/mol. The molecule has 7 heteroatoms. The molecule has 1 aromatic rings. The fourth-order valence-electron chi connectivity index (χ4n) is 1.92. The van der Waals surface area contributed by atoms with Crippen LogP contribution in [0.2, 0.25) is 10.0 Å². The quantitative estimate of drug-likeness (QED) is 0.864. The number of aliphatic hydroxyl groups is 1. The zero-order valence-electron chi connectivity index (χ0n) is 11.7. The Morgan fingerprint density at radius 2 is 1.90 bits per heavy atom. The minimum Gasteiger partial charge on any atom is -0.392 e. The van der Waals surface area contributed by atoms with E-state index < -0.39 is 10.0 Å². The second-order valence-electron chi connectivity index (χ2n) is 4.74. The predicted octanol–water partition coefficient (Wildman–Crippen LogP) is 3.29. The SMILES string of the molecule is CCCN(C(C)C)S(=O)(=O)c1cc(Cl)cc(CO)c1Cl. The number of sulfonamides is 1. The first-order valence-electron chi connectivity index (χ1n) is 6.36. The smallest absolute Gasteiger partial charge is 0.244 e. The van der Waals surface area contributed by atoms with E-state index in [1.807, 2.05) is 6.92 Å². The Morgan fingerprint density at radius 3 is 2.35 bits per heavy atom. The maximum absolute atomic E-state index is 12.7. The lowest BCUT2D eigenvalue weighted by Gasteiger charge is -2.26. The van der Waals surface area contributed by atoms with Gasteiger partial charge in [-0.25, -0.2) is 8.42 Å². The van der Waals surface area contributed by atoms with Crippen LogP contribution in [0.25, 0.3) is 0 Å². The van der Waals surface area contributed by atoms with E-state index in [9.17, 15) is 13.5 Å². The van der Waals surface area contributed by atoms with E-state index in [1.54, 1.807) is 13.8 Å². The van der Waals surface area contributed by atoms with Gasteiger partial charge in [0, 0.05) is 17.6 Å². The molecule has 0 aliphatic carbocycles. The summed E-state index contributed by atoms with van der Waals surface area (Å²) in [7, 11) is -3.74. The highest BCUT2D eigenvalue weighted by Crippen LogP contribution is 2.32. The summed E-state index contributed by atoms with van der Waals surface area (Å²) < 4.78 is 26.8. The van der Waals surface area contributed by atoms with Gasteiger partial charge in [-0.3, -0.25) is 0 Å². The molecule has 0 spiro atoms. The molecule has 20 heavy (non-hydrogen) atoms. The van der Waals surface area contributed by atoms with Gasteiger partial charge in [-0.1, -0.05) is 30.1 Å². The maximum atomic E-state index is 12.7. The number of aliphatic hydroxyl groups excluding tert-OH is 1. The minimum absolute atomic E-state index is 0.0265. The van der Waals surface area contributed by atoms with Gasteiger partial charge in [0.1, 0.15) is 4.90 Å². The topological polar surface area (TPSA) is 57.6 Å². The van der Waals surface area contributed by atoms with Crippen molar-refractivity contribution in [3.63, 3.8) is 0 Å². The van der Waals surface area contributed by atoms with Crippen molar-refractivity contribution >= 4 is 33.2 Å². The van der Waals surface area contributed by atoms with Crippen molar-refractivity contribution in [3.8, 4) is 0 Å². The first-order valence-corrected chi connectivity index (χ1v) is 8.55. The van der Waals surface area contributed by atoms with Crippen LogP contribution in [0.3, 0.4) is 0 Å². The fraction of sp³-hybridized carbons (Fsp3) is 0.538. The summed E-state index contributed by atoms with van der Waals surface area (Å²) in [6.45, 7) is 5.55. The average Bonchev–Trinajstić information content (AvgIpc) is 2.37. The third-order valence-corrected chi connectivity index (χ3v) is 5.73. The molecule has 0 heterocycles. The lowest BCUT2D eigenvalue weighted by molar-refractivity contribution is 0.281. The first kappa shape index (κ1) is 17.7. The third kappa shape index (κ3) is 3.65. The molecule has 4 nitrogen and oxygen atoms in total. The second-order valence-corrected chi connectivity index (χ2v) is 7.42. The molecule has 0 aromatic heterocycles. The number of rotatable bonds is 6. The highest BCUT2D eigenvalue weighted by molar-refractivity contribution is 7.89.